The van der Waals surface area contributed by atoms with Crippen LogP contribution >= 0.6 is 0 Å². The maximum absolute atomic E-state index is 11.9. The number of hydrogen-bond acceptors (Lipinski definition) is 1. The van der Waals surface area contributed by atoms with Crippen molar-refractivity contribution in [1.82, 2.24) is 0 Å². The van der Waals surface area contributed by atoms with Crippen molar-refractivity contribution in [2.24, 2.45) is 0 Å². The van der Waals surface area contributed by atoms with Gasteiger partial charge in [0, 0.05) is 12.0 Å². The van der Waals surface area contributed by atoms with Gasteiger partial charge >= 0.3 is 0 Å². The molecule has 1 heteroatoms. The predicted octanol–water partition coefficient (Wildman–Crippen LogP) is 3.89. The van der Waals surface area contributed by atoms with Crippen LogP contribution in [0.1, 0.15) is 66.6 Å². The Morgan fingerprint density at radius 2 is 1.75 bits per heavy atom. The summed E-state index contributed by atoms with van der Waals surface area (Å²) in [4.78, 5) is 11.9. The Labute approximate surface area is 97.9 Å². The molecule has 0 bridgehead atoms. The van der Waals surface area contributed by atoms with Gasteiger partial charge in [0.1, 0.15) is 0 Å². The number of carbonyl (C=O) groups is 1. The van der Waals surface area contributed by atoms with Crippen molar-refractivity contribution < 1.29 is 4.79 Å². The summed E-state index contributed by atoms with van der Waals surface area (Å²) in [7, 11) is 0. The van der Waals surface area contributed by atoms with E-state index in [4.69, 9.17) is 0 Å². The molecule has 1 unspecified atom stereocenters. The smallest absolute Gasteiger partial charge is 0.163 e. The average molecular weight is 216 g/mol. The van der Waals surface area contributed by atoms with Gasteiger partial charge in [-0.2, -0.15) is 0 Å². The van der Waals surface area contributed by atoms with Crippen molar-refractivity contribution in [3.63, 3.8) is 0 Å². The minimum Gasteiger partial charge on any atom is -0.294 e. The molecule has 1 aromatic rings. The van der Waals surface area contributed by atoms with E-state index < -0.39 is 0 Å². The number of ketones is 1. The average Bonchev–Trinajstić information content (AvgIpc) is 2.63. The summed E-state index contributed by atoms with van der Waals surface area (Å²) in [5.41, 5.74) is 5.09. The molecule has 1 nitrogen and oxygen atoms in total. The van der Waals surface area contributed by atoms with E-state index >= 15 is 0 Å². The highest BCUT2D eigenvalue weighted by molar-refractivity contribution is 6.01. The van der Waals surface area contributed by atoms with Crippen molar-refractivity contribution in [1.29, 1.82) is 0 Å². The second kappa shape index (κ2) is 4.40. The van der Waals surface area contributed by atoms with Gasteiger partial charge in [-0.05, 0) is 47.9 Å². The van der Waals surface area contributed by atoms with Crippen molar-refractivity contribution in [2.75, 3.05) is 0 Å². The molecular formula is C15H20O. The van der Waals surface area contributed by atoms with Gasteiger partial charge in [0.05, 0.1) is 0 Å². The van der Waals surface area contributed by atoms with Gasteiger partial charge in [-0.1, -0.05) is 26.8 Å². The first-order valence-corrected chi connectivity index (χ1v) is 6.40. The second-order valence-corrected chi connectivity index (χ2v) is 4.65. The largest absolute Gasteiger partial charge is 0.294 e. The van der Waals surface area contributed by atoms with Gasteiger partial charge in [0.15, 0.2) is 5.78 Å². The fraction of sp³-hybridized carbons (Fsp3) is 0.533. The highest BCUT2D eigenvalue weighted by atomic mass is 16.1. The standard InChI is InChI=1S/C15H20O/c1-4-10-7-13-12(6-3)9-15(16)14(13)8-11(10)5-2/h7-8,12H,4-6,9H2,1-3H3. The van der Waals surface area contributed by atoms with E-state index in [2.05, 4.69) is 32.9 Å². The Hall–Kier alpha value is -1.11. The molecule has 0 heterocycles. The fourth-order valence-electron chi connectivity index (χ4n) is 2.75. The molecule has 0 radical (unpaired) electrons. The first-order valence-electron chi connectivity index (χ1n) is 6.40. The molecule has 2 rings (SSSR count). The number of aryl methyl sites for hydroxylation is 2. The van der Waals surface area contributed by atoms with E-state index in [9.17, 15) is 4.79 Å². The summed E-state index contributed by atoms with van der Waals surface area (Å²) in [6, 6.07) is 4.43. The lowest BCUT2D eigenvalue weighted by molar-refractivity contribution is 0.0988. The second-order valence-electron chi connectivity index (χ2n) is 4.65. The number of hydrogen-bond donors (Lipinski definition) is 0. The van der Waals surface area contributed by atoms with Crippen LogP contribution in [0.25, 0.3) is 0 Å². The summed E-state index contributed by atoms with van der Waals surface area (Å²) in [5, 5.41) is 0. The van der Waals surface area contributed by atoms with Crippen LogP contribution in [0.3, 0.4) is 0 Å². The molecule has 0 amide bonds. The summed E-state index contributed by atoms with van der Waals surface area (Å²) in [6.07, 6.45) is 3.90. The molecule has 86 valence electrons. The zero-order valence-electron chi connectivity index (χ0n) is 10.5. The van der Waals surface area contributed by atoms with Gasteiger partial charge in [-0.3, -0.25) is 4.79 Å². The van der Waals surface area contributed by atoms with E-state index in [1.807, 2.05) is 0 Å². The molecule has 0 aliphatic heterocycles. The third-order valence-electron chi connectivity index (χ3n) is 3.80. The Morgan fingerprint density at radius 1 is 1.12 bits per heavy atom. The van der Waals surface area contributed by atoms with Crippen LogP contribution in [0.2, 0.25) is 0 Å². The van der Waals surface area contributed by atoms with Crippen LogP contribution in [0.5, 0.6) is 0 Å². The minimum atomic E-state index is 0.346. The Bertz CT molecular complexity index is 418. The molecule has 16 heavy (non-hydrogen) atoms. The maximum atomic E-state index is 11.9. The van der Waals surface area contributed by atoms with Crippen LogP contribution in [0.4, 0.5) is 0 Å². The molecule has 0 saturated carbocycles. The van der Waals surface area contributed by atoms with E-state index in [0.717, 1.165) is 31.2 Å². The Balaban J connectivity index is 2.54. The van der Waals surface area contributed by atoms with E-state index in [1.54, 1.807) is 0 Å². The van der Waals surface area contributed by atoms with Gasteiger partial charge in [0.25, 0.3) is 0 Å². The van der Waals surface area contributed by atoms with E-state index in [-0.39, 0.29) is 0 Å². The van der Waals surface area contributed by atoms with Crippen molar-refractivity contribution in [2.45, 2.75) is 52.4 Å². The molecule has 0 aromatic heterocycles. The molecule has 1 aliphatic rings. The Morgan fingerprint density at radius 3 is 2.31 bits per heavy atom. The molecule has 1 aliphatic carbocycles. The minimum absolute atomic E-state index is 0.346. The highest BCUT2D eigenvalue weighted by Gasteiger charge is 2.28. The number of Topliss-reactive ketones (excluding diaryl/α,β-unsaturated/α-hetero) is 1. The zero-order chi connectivity index (χ0) is 11.7. The van der Waals surface area contributed by atoms with E-state index in [1.165, 1.54) is 16.7 Å². The maximum Gasteiger partial charge on any atom is 0.163 e. The molecule has 0 N–H and O–H groups in total. The summed E-state index contributed by atoms with van der Waals surface area (Å²) in [5.74, 6) is 0.818. The third-order valence-corrected chi connectivity index (χ3v) is 3.80. The summed E-state index contributed by atoms with van der Waals surface area (Å²) < 4.78 is 0. The number of benzene rings is 1. The quantitative estimate of drug-likeness (QED) is 0.749. The normalized spacial score (nSPS) is 18.9. The number of fused-ring (bicyclic) bond motifs is 1. The fourth-order valence-corrected chi connectivity index (χ4v) is 2.75. The molecular weight excluding hydrogens is 196 g/mol. The highest BCUT2D eigenvalue weighted by Crippen LogP contribution is 2.37. The van der Waals surface area contributed by atoms with Crippen LogP contribution in [-0.4, -0.2) is 5.78 Å². The van der Waals surface area contributed by atoms with Crippen LogP contribution in [-0.2, 0) is 12.8 Å². The van der Waals surface area contributed by atoms with Crippen LogP contribution < -0.4 is 0 Å². The lowest BCUT2D eigenvalue weighted by Crippen LogP contribution is -1.98. The SMILES string of the molecule is CCc1cc2c(cc1CC)C(CC)CC2=O. The van der Waals surface area contributed by atoms with Gasteiger partial charge in [-0.25, -0.2) is 0 Å². The van der Waals surface area contributed by atoms with Crippen LogP contribution in [0, 0.1) is 0 Å². The Kier molecular flexibility index (Phi) is 3.13. The monoisotopic (exact) mass is 216 g/mol. The molecule has 1 atom stereocenters. The third kappa shape index (κ3) is 1.68. The first kappa shape index (κ1) is 11.4. The van der Waals surface area contributed by atoms with E-state index in [0.29, 0.717) is 11.7 Å². The van der Waals surface area contributed by atoms with Gasteiger partial charge < -0.3 is 0 Å². The lowest BCUT2D eigenvalue weighted by Gasteiger charge is -2.12. The zero-order valence-corrected chi connectivity index (χ0v) is 10.5. The van der Waals surface area contributed by atoms with Crippen LogP contribution in [0.15, 0.2) is 12.1 Å². The topological polar surface area (TPSA) is 17.1 Å². The molecule has 0 spiro atoms. The number of carbonyl (C=O) groups excluding carboxylic acids is 1. The molecule has 0 saturated heterocycles. The van der Waals surface area contributed by atoms with Crippen molar-refractivity contribution >= 4 is 5.78 Å². The van der Waals surface area contributed by atoms with Gasteiger partial charge in [-0.15, -0.1) is 0 Å². The van der Waals surface area contributed by atoms with Gasteiger partial charge in [0.2, 0.25) is 0 Å². The predicted molar refractivity (Wildman–Crippen MR) is 67.2 cm³/mol. The summed E-state index contributed by atoms with van der Waals surface area (Å²) >= 11 is 0. The van der Waals surface area contributed by atoms with Crippen molar-refractivity contribution in [3.8, 4) is 0 Å². The summed E-state index contributed by atoms with van der Waals surface area (Å²) in [6.45, 7) is 6.53. The molecule has 0 fully saturated rings. The lowest BCUT2D eigenvalue weighted by atomic mass is 9.92. The number of rotatable bonds is 3. The first-order chi connectivity index (χ1) is 7.71. The van der Waals surface area contributed by atoms with Crippen molar-refractivity contribution in [3.05, 3.63) is 34.4 Å². The molecule has 1 aromatic carbocycles.